The van der Waals surface area contributed by atoms with Crippen molar-refractivity contribution >= 4 is 21.6 Å². The van der Waals surface area contributed by atoms with Crippen molar-refractivity contribution in [1.29, 1.82) is 0 Å². The summed E-state index contributed by atoms with van der Waals surface area (Å²) in [5, 5.41) is 2.78. The second-order valence-electron chi connectivity index (χ2n) is 6.15. The summed E-state index contributed by atoms with van der Waals surface area (Å²) < 4.78 is 32.3. The van der Waals surface area contributed by atoms with E-state index in [9.17, 15) is 13.2 Å². The molecule has 0 aliphatic rings. The lowest BCUT2D eigenvalue weighted by molar-refractivity contribution is 0.0944. The van der Waals surface area contributed by atoms with Crippen LogP contribution in [-0.4, -0.2) is 41.1 Å². The average molecular weight is 391 g/mol. The lowest BCUT2D eigenvalue weighted by atomic mass is 10.2. The molecule has 7 heteroatoms. The third-order valence-corrected chi connectivity index (χ3v) is 5.86. The number of ether oxygens (including phenoxy) is 1. The lowest BCUT2D eigenvalue weighted by Crippen LogP contribution is -2.28. The Morgan fingerprint density at radius 3 is 2.59 bits per heavy atom. The molecule has 0 saturated heterocycles. The molecule has 0 unspecified atom stereocenters. The van der Waals surface area contributed by atoms with Crippen molar-refractivity contribution in [2.24, 2.45) is 0 Å². The standard InChI is InChI=1S/C20H26N2O4S/c1-4-26-13-7-12-21-20(23)17-9-6-11-19(15-17)27(24,25)22(3)18-10-5-8-16(2)14-18/h5-6,8-11,14-15H,4,7,12-13H2,1-3H3,(H,21,23). The fourth-order valence-corrected chi connectivity index (χ4v) is 3.77. The van der Waals surface area contributed by atoms with Gasteiger partial charge in [0.1, 0.15) is 0 Å². The molecular formula is C20H26N2O4S. The Hall–Kier alpha value is -2.38. The molecule has 0 aliphatic carbocycles. The maximum atomic E-state index is 12.9. The number of nitrogens with one attached hydrogen (secondary N) is 1. The van der Waals surface area contributed by atoms with Crippen LogP contribution in [0.15, 0.2) is 53.4 Å². The number of rotatable bonds is 9. The summed E-state index contributed by atoms with van der Waals surface area (Å²) in [4.78, 5) is 12.4. The minimum absolute atomic E-state index is 0.0773. The number of benzene rings is 2. The van der Waals surface area contributed by atoms with Crippen LogP contribution in [0.2, 0.25) is 0 Å². The molecule has 2 rings (SSSR count). The molecule has 0 saturated carbocycles. The van der Waals surface area contributed by atoms with E-state index in [1.165, 1.54) is 23.5 Å². The summed E-state index contributed by atoms with van der Waals surface area (Å²) in [6.45, 7) is 5.51. The van der Waals surface area contributed by atoms with Crippen molar-refractivity contribution < 1.29 is 17.9 Å². The number of hydrogen-bond acceptors (Lipinski definition) is 4. The number of carbonyl (C=O) groups excluding carboxylic acids is 1. The molecular weight excluding hydrogens is 364 g/mol. The van der Waals surface area contributed by atoms with E-state index in [4.69, 9.17) is 4.74 Å². The highest BCUT2D eigenvalue weighted by atomic mass is 32.2. The van der Waals surface area contributed by atoms with Crippen LogP contribution in [-0.2, 0) is 14.8 Å². The van der Waals surface area contributed by atoms with Crippen LogP contribution in [0.25, 0.3) is 0 Å². The van der Waals surface area contributed by atoms with Gasteiger partial charge in [0.2, 0.25) is 0 Å². The molecule has 1 amide bonds. The van der Waals surface area contributed by atoms with E-state index >= 15 is 0 Å². The largest absolute Gasteiger partial charge is 0.382 e. The average Bonchev–Trinajstić information content (AvgIpc) is 2.67. The molecule has 0 aliphatic heterocycles. The molecule has 0 heterocycles. The van der Waals surface area contributed by atoms with Crippen LogP contribution in [0, 0.1) is 6.92 Å². The monoisotopic (exact) mass is 390 g/mol. The summed E-state index contributed by atoms with van der Waals surface area (Å²) in [5.41, 5.74) is 1.85. The Labute approximate surface area is 161 Å². The Bertz CT molecular complexity index is 881. The molecule has 0 spiro atoms. The number of anilines is 1. The van der Waals surface area contributed by atoms with Gasteiger partial charge >= 0.3 is 0 Å². The molecule has 0 radical (unpaired) electrons. The van der Waals surface area contributed by atoms with E-state index in [1.54, 1.807) is 24.3 Å². The fourth-order valence-electron chi connectivity index (χ4n) is 2.54. The summed E-state index contributed by atoms with van der Waals surface area (Å²) in [6, 6.07) is 13.3. The van der Waals surface area contributed by atoms with E-state index in [0.717, 1.165) is 5.56 Å². The number of sulfonamides is 1. The van der Waals surface area contributed by atoms with Gasteiger partial charge in [0.15, 0.2) is 0 Å². The minimum atomic E-state index is -3.76. The van der Waals surface area contributed by atoms with Crippen molar-refractivity contribution in [3.63, 3.8) is 0 Å². The first-order valence-electron chi connectivity index (χ1n) is 8.88. The topological polar surface area (TPSA) is 75.7 Å². The number of carbonyl (C=O) groups is 1. The van der Waals surface area contributed by atoms with E-state index in [1.807, 2.05) is 26.0 Å². The van der Waals surface area contributed by atoms with Crippen LogP contribution < -0.4 is 9.62 Å². The van der Waals surface area contributed by atoms with Crippen LogP contribution >= 0.6 is 0 Å². The van der Waals surface area contributed by atoms with Gasteiger partial charge in [-0.05, 0) is 56.2 Å². The third kappa shape index (κ3) is 5.55. The lowest BCUT2D eigenvalue weighted by Gasteiger charge is -2.20. The van der Waals surface area contributed by atoms with E-state index in [-0.39, 0.29) is 10.8 Å². The van der Waals surface area contributed by atoms with Gasteiger partial charge in [-0.25, -0.2) is 8.42 Å². The molecule has 146 valence electrons. The van der Waals surface area contributed by atoms with Crippen molar-refractivity contribution in [2.45, 2.75) is 25.2 Å². The van der Waals surface area contributed by atoms with Crippen molar-refractivity contribution in [1.82, 2.24) is 5.32 Å². The van der Waals surface area contributed by atoms with Gasteiger partial charge < -0.3 is 10.1 Å². The van der Waals surface area contributed by atoms with Crippen molar-refractivity contribution in [2.75, 3.05) is 31.1 Å². The van der Waals surface area contributed by atoms with Crippen LogP contribution in [0.5, 0.6) is 0 Å². The second-order valence-corrected chi connectivity index (χ2v) is 8.12. The third-order valence-electron chi connectivity index (χ3n) is 4.08. The smallest absolute Gasteiger partial charge is 0.264 e. The van der Waals surface area contributed by atoms with Gasteiger partial charge in [0, 0.05) is 32.4 Å². The van der Waals surface area contributed by atoms with Gasteiger partial charge in [-0.15, -0.1) is 0 Å². The van der Waals surface area contributed by atoms with Gasteiger partial charge in [-0.1, -0.05) is 18.2 Å². The molecule has 2 aromatic carbocycles. The van der Waals surface area contributed by atoms with E-state index in [2.05, 4.69) is 5.32 Å². The predicted molar refractivity (Wildman–Crippen MR) is 107 cm³/mol. The molecule has 1 N–H and O–H groups in total. The molecule has 27 heavy (non-hydrogen) atoms. The SMILES string of the molecule is CCOCCCNC(=O)c1cccc(S(=O)(=O)N(C)c2cccc(C)c2)c1. The number of aryl methyl sites for hydroxylation is 1. The van der Waals surface area contributed by atoms with Crippen LogP contribution in [0.1, 0.15) is 29.3 Å². The maximum Gasteiger partial charge on any atom is 0.264 e. The first kappa shape index (κ1) is 20.9. The molecule has 0 bridgehead atoms. The zero-order valence-electron chi connectivity index (χ0n) is 15.9. The zero-order valence-corrected chi connectivity index (χ0v) is 16.8. The van der Waals surface area contributed by atoms with Gasteiger partial charge in [0.05, 0.1) is 10.6 Å². The summed E-state index contributed by atoms with van der Waals surface area (Å²) in [6.07, 6.45) is 0.702. The first-order chi connectivity index (χ1) is 12.9. The molecule has 2 aromatic rings. The van der Waals surface area contributed by atoms with Crippen LogP contribution in [0.3, 0.4) is 0 Å². The van der Waals surface area contributed by atoms with Gasteiger partial charge in [-0.3, -0.25) is 9.10 Å². The Kier molecular flexibility index (Phi) is 7.38. The summed E-state index contributed by atoms with van der Waals surface area (Å²) >= 11 is 0. The van der Waals surface area contributed by atoms with Crippen molar-refractivity contribution in [3.05, 3.63) is 59.7 Å². The highest BCUT2D eigenvalue weighted by molar-refractivity contribution is 7.92. The summed E-state index contributed by atoms with van der Waals surface area (Å²) in [7, 11) is -2.26. The Morgan fingerprint density at radius 2 is 1.89 bits per heavy atom. The second kappa shape index (κ2) is 9.53. The molecule has 0 fully saturated rings. The molecule has 0 atom stereocenters. The number of hydrogen-bond donors (Lipinski definition) is 1. The molecule has 6 nitrogen and oxygen atoms in total. The number of nitrogens with zero attached hydrogens (tertiary/aromatic N) is 1. The minimum Gasteiger partial charge on any atom is -0.382 e. The van der Waals surface area contributed by atoms with Crippen molar-refractivity contribution in [3.8, 4) is 0 Å². The molecule has 0 aromatic heterocycles. The highest BCUT2D eigenvalue weighted by Crippen LogP contribution is 2.23. The highest BCUT2D eigenvalue weighted by Gasteiger charge is 2.22. The number of amides is 1. The Balaban J connectivity index is 2.14. The van der Waals surface area contributed by atoms with E-state index < -0.39 is 10.0 Å². The summed E-state index contributed by atoms with van der Waals surface area (Å²) in [5.74, 6) is -0.304. The Morgan fingerprint density at radius 1 is 1.15 bits per heavy atom. The first-order valence-corrected chi connectivity index (χ1v) is 10.3. The van der Waals surface area contributed by atoms with Crippen LogP contribution in [0.4, 0.5) is 5.69 Å². The zero-order chi connectivity index (χ0) is 19.9. The fraction of sp³-hybridized carbons (Fsp3) is 0.350. The van der Waals surface area contributed by atoms with Gasteiger partial charge in [-0.2, -0.15) is 0 Å². The van der Waals surface area contributed by atoms with Gasteiger partial charge in [0.25, 0.3) is 15.9 Å². The van der Waals surface area contributed by atoms with E-state index in [0.29, 0.717) is 37.4 Å². The quantitative estimate of drug-likeness (QED) is 0.668. The maximum absolute atomic E-state index is 12.9. The predicted octanol–water partition coefficient (Wildman–Crippen LogP) is 2.98. The normalized spacial score (nSPS) is 11.2.